The lowest BCUT2D eigenvalue weighted by Gasteiger charge is -2.31. The van der Waals surface area contributed by atoms with E-state index in [0.29, 0.717) is 111 Å². The fraction of sp³-hybridized carbons (Fsp3) is 0.500. The van der Waals surface area contributed by atoms with Gasteiger partial charge >= 0.3 is 5.97 Å². The van der Waals surface area contributed by atoms with Crippen molar-refractivity contribution < 1.29 is 84.8 Å². The lowest BCUT2D eigenvalue weighted by atomic mass is 9.77. The summed E-state index contributed by atoms with van der Waals surface area (Å²) in [6, 6.07) is 15.9. The fourth-order valence-electron chi connectivity index (χ4n) is 8.68. The Bertz CT molecular complexity index is 3200. The molecule has 1 unspecified atom stereocenters. The molecule has 2 aromatic carbocycles. The molecule has 2 aliphatic heterocycles. The van der Waals surface area contributed by atoms with Crippen molar-refractivity contribution in [2.24, 2.45) is 0 Å². The molecular weight excluding hydrogens is 1080 g/mol. The van der Waals surface area contributed by atoms with Crippen LogP contribution in [-0.2, 0) is 75.0 Å². The van der Waals surface area contributed by atoms with Gasteiger partial charge in [0.1, 0.15) is 50.7 Å². The van der Waals surface area contributed by atoms with Gasteiger partial charge < -0.3 is 51.2 Å². The zero-order chi connectivity index (χ0) is 56.7. The molecule has 2 aromatic rings. The number of nitrogens with zero attached hydrogens (tertiary/aromatic N) is 2. The predicted octanol–water partition coefficient (Wildman–Crippen LogP) is 5.06. The van der Waals surface area contributed by atoms with Crippen molar-refractivity contribution in [2.45, 2.75) is 93.3 Å². The molecule has 0 aromatic heterocycles. The highest BCUT2D eigenvalue weighted by Gasteiger charge is 2.43. The first-order chi connectivity index (χ1) is 36.1. The third-order valence-electron chi connectivity index (χ3n) is 12.6. The number of hydrogen-bond donors (Lipinski definition) is 0. The second-order valence-corrected chi connectivity index (χ2v) is 25.3. The monoisotopic (exact) mass is 1150 g/mol. The van der Waals surface area contributed by atoms with Crippen LogP contribution in [0.1, 0.15) is 89.5 Å². The smallest absolute Gasteiger partial charge is 0.311 e. The Kier molecular flexibility index (Phi) is 22.7. The average Bonchev–Trinajstić information content (AvgIpc) is 3.56. The van der Waals surface area contributed by atoms with Crippen molar-refractivity contribution in [1.29, 1.82) is 0 Å². The van der Waals surface area contributed by atoms with Gasteiger partial charge in [0, 0.05) is 71.8 Å². The Labute approximate surface area is 451 Å². The number of esters is 1. The normalized spacial score (nSPS) is 16.4. The maximum atomic E-state index is 12.7. The zero-order valence-corrected chi connectivity index (χ0v) is 47.1. The summed E-state index contributed by atoms with van der Waals surface area (Å²) >= 11 is 0. The van der Waals surface area contributed by atoms with E-state index in [4.69, 9.17) is 28.1 Å². The Morgan fingerprint density at radius 3 is 1.92 bits per heavy atom. The molecule has 2 heterocycles. The molecule has 0 spiro atoms. The third kappa shape index (κ3) is 19.8. The first-order valence-electron chi connectivity index (χ1n) is 24.9. The van der Waals surface area contributed by atoms with E-state index >= 15 is 0 Å². The number of carbonyl (C=O) groups excluding carboxylic acids is 1. The van der Waals surface area contributed by atoms with Crippen molar-refractivity contribution >= 4 is 58.2 Å². The van der Waals surface area contributed by atoms with E-state index in [2.05, 4.69) is 0 Å². The summed E-state index contributed by atoms with van der Waals surface area (Å²) < 4.78 is 177. The summed E-state index contributed by atoms with van der Waals surface area (Å²) in [6.45, 7) is 11.2. The molecule has 0 saturated heterocycles. The first kappa shape index (κ1) is 62.9. The van der Waals surface area contributed by atoms with Gasteiger partial charge in [0.05, 0.1) is 75.7 Å². The number of carbonyl (C=O) groups is 1. The molecule has 1 atom stereocenters. The summed E-state index contributed by atoms with van der Waals surface area (Å²) in [6.07, 6.45) is 6.83. The van der Waals surface area contributed by atoms with Crippen LogP contribution in [0.4, 0.5) is 5.69 Å². The molecule has 5 rings (SSSR count). The highest BCUT2D eigenvalue weighted by Crippen LogP contribution is 2.51. The minimum absolute atomic E-state index is 0.00721. The molecule has 77 heavy (non-hydrogen) atoms. The number of unbranched alkanes of at least 4 members (excludes halogenated alkanes) is 2. The van der Waals surface area contributed by atoms with Crippen LogP contribution in [0, 0.1) is 0 Å². The zero-order valence-electron chi connectivity index (χ0n) is 43.8. The highest BCUT2D eigenvalue weighted by molar-refractivity contribution is 7.86. The maximum absolute atomic E-state index is 12.7. The van der Waals surface area contributed by atoms with Gasteiger partial charge in [-0.25, -0.2) is 38.2 Å². The van der Waals surface area contributed by atoms with Crippen LogP contribution in [0.3, 0.4) is 0 Å². The Morgan fingerprint density at radius 2 is 1.31 bits per heavy atom. The van der Waals surface area contributed by atoms with Crippen molar-refractivity contribution in [3.63, 3.8) is 0 Å². The van der Waals surface area contributed by atoms with Gasteiger partial charge in [-0.1, -0.05) is 39.3 Å². The average molecular weight is 1150 g/mol. The molecule has 25 heteroatoms. The topological polar surface area (TPSA) is 311 Å². The van der Waals surface area contributed by atoms with Crippen molar-refractivity contribution in [3.05, 3.63) is 107 Å². The highest BCUT2D eigenvalue weighted by atomic mass is 32.2. The number of ether oxygens (including phenoxy) is 5. The van der Waals surface area contributed by atoms with E-state index in [1.807, 2.05) is 66.7 Å². The van der Waals surface area contributed by atoms with Crippen LogP contribution in [0.15, 0.2) is 98.8 Å². The molecule has 0 N–H and O–H groups in total. The van der Waals surface area contributed by atoms with Gasteiger partial charge in [0.2, 0.25) is 5.36 Å². The number of anilines is 1. The SMILES string of the molecule is COCCOCCOCCOCC[N+](CCCS(=O)(=O)[O-])=c1ccc2c(/C=C/C=C3\N(CCCCCC(=O)Oc4ccc(S(=O)(=O)[O-])cc4)c4ccc(S(=O)(=O)[O-])cc4C3(C)CCCS(=O)(=O)[O-])cc(C(C)(C)C)oc-2c1. The van der Waals surface area contributed by atoms with Crippen LogP contribution in [0.2, 0.25) is 0 Å². The summed E-state index contributed by atoms with van der Waals surface area (Å²) in [5, 5.41) is 0.679. The van der Waals surface area contributed by atoms with E-state index in [1.165, 1.54) is 30.3 Å². The van der Waals surface area contributed by atoms with Gasteiger partial charge in [0.25, 0.3) is 0 Å². The largest absolute Gasteiger partial charge is 0.748 e. The molecular formula is C52H67N2O19S4-3. The Morgan fingerprint density at radius 1 is 0.701 bits per heavy atom. The van der Waals surface area contributed by atoms with Gasteiger partial charge in [-0.15, -0.1) is 0 Å². The quantitative estimate of drug-likeness (QED) is 0.0209. The maximum Gasteiger partial charge on any atom is 0.311 e. The molecule has 426 valence electrons. The number of methoxy groups -OCH3 is 1. The van der Waals surface area contributed by atoms with Gasteiger partial charge in [-0.3, -0.25) is 4.79 Å². The number of allylic oxidation sites excluding steroid dienone is 3. The molecule has 3 aliphatic rings. The number of fused-ring (bicyclic) bond motifs is 2. The van der Waals surface area contributed by atoms with Crippen LogP contribution in [-0.4, -0.2) is 142 Å². The van der Waals surface area contributed by atoms with Crippen LogP contribution in [0.25, 0.3) is 17.4 Å². The minimum atomic E-state index is -4.94. The molecule has 0 fully saturated rings. The summed E-state index contributed by atoms with van der Waals surface area (Å²) in [4.78, 5) is 13.7. The molecule has 0 radical (unpaired) electrons. The van der Waals surface area contributed by atoms with E-state index in [1.54, 1.807) is 20.1 Å². The van der Waals surface area contributed by atoms with Crippen LogP contribution in [0.5, 0.6) is 5.75 Å². The van der Waals surface area contributed by atoms with Crippen molar-refractivity contribution in [2.75, 3.05) is 89.4 Å². The minimum Gasteiger partial charge on any atom is -0.748 e. The molecule has 0 bridgehead atoms. The van der Waals surface area contributed by atoms with Gasteiger partial charge in [-0.05, 0) is 104 Å². The second kappa shape index (κ2) is 27.8. The third-order valence-corrected chi connectivity index (χ3v) is 15.9. The number of benzene rings is 3. The molecule has 1 aliphatic carbocycles. The fourth-order valence-corrected chi connectivity index (χ4v) is 10.6. The van der Waals surface area contributed by atoms with E-state index < -0.39 is 78.6 Å². The lowest BCUT2D eigenvalue weighted by Crippen LogP contribution is -2.35. The van der Waals surface area contributed by atoms with Crippen molar-refractivity contribution in [1.82, 2.24) is 4.58 Å². The Hall–Kier alpha value is -4.90. The summed E-state index contributed by atoms with van der Waals surface area (Å²) in [5.41, 5.74) is 1.40. The molecule has 0 saturated carbocycles. The van der Waals surface area contributed by atoms with E-state index in [0.717, 1.165) is 17.7 Å². The molecule has 0 amide bonds. The standard InChI is InChI=1S/C52H70N2O19S4/c1-51(2,3)49-36-39(44-21-15-40(37-47(44)73-49)53(24-11-35-75(59,60)61)26-27-69-30-31-71-33-32-70-29-28-68-5)12-9-13-48-52(4,23-10-34-74(56,57)58)45-38-43(77(65,66)67)20-22-46(45)54(48)25-8-6-7-14-50(55)72-41-16-18-42(19-17-41)76(62,63)64/h9,12-13,15-22,36-38H,6-8,10-11,14,23-35H2,1-5H3,(H3-,56,57,58,59,60,61,62,63,64,65,66,67)/p-3. The van der Waals surface area contributed by atoms with E-state index in [-0.39, 0.29) is 44.6 Å². The first-order valence-corrected chi connectivity index (χ1v) is 30.9. The summed E-state index contributed by atoms with van der Waals surface area (Å²) in [5.74, 6) is -0.677. The van der Waals surface area contributed by atoms with E-state index in [9.17, 15) is 56.7 Å². The van der Waals surface area contributed by atoms with Crippen LogP contribution >= 0.6 is 0 Å². The lowest BCUT2D eigenvalue weighted by molar-refractivity contribution is -0.134. The summed E-state index contributed by atoms with van der Waals surface area (Å²) in [7, 11) is -17.2. The second-order valence-electron chi connectivity index (χ2n) is 19.5. The van der Waals surface area contributed by atoms with Gasteiger partial charge in [0.15, 0.2) is 6.54 Å². The van der Waals surface area contributed by atoms with Crippen molar-refractivity contribution in [3.8, 4) is 17.1 Å². The number of hydrogen-bond acceptors (Lipinski definition) is 20. The number of rotatable bonds is 31. The molecule has 21 nitrogen and oxygen atoms in total. The van der Waals surface area contributed by atoms with Crippen LogP contribution < -0.4 is 19.6 Å². The predicted molar refractivity (Wildman–Crippen MR) is 281 cm³/mol. The Balaban J connectivity index is 1.47. The van der Waals surface area contributed by atoms with Gasteiger partial charge in [-0.2, -0.15) is 0 Å².